The molecule has 0 saturated heterocycles. The van der Waals surface area contributed by atoms with Crippen LogP contribution in [0.25, 0.3) is 0 Å². The number of aliphatic hydroxyl groups is 4. The van der Waals surface area contributed by atoms with Crippen LogP contribution in [-0.4, -0.2) is 57.3 Å². The van der Waals surface area contributed by atoms with Gasteiger partial charge in [0.15, 0.2) is 0 Å². The van der Waals surface area contributed by atoms with Crippen molar-refractivity contribution in [1.29, 1.82) is 0 Å². The van der Waals surface area contributed by atoms with E-state index in [1.165, 1.54) is 205 Å². The number of hydrogen-bond acceptors (Lipinski definition) is 5. The van der Waals surface area contributed by atoms with E-state index in [1.54, 1.807) is 0 Å². The first-order valence-corrected chi connectivity index (χ1v) is 24.4. The van der Waals surface area contributed by atoms with E-state index in [2.05, 4.69) is 19.2 Å². The van der Waals surface area contributed by atoms with Crippen molar-refractivity contribution in [2.24, 2.45) is 0 Å². The van der Waals surface area contributed by atoms with E-state index in [0.717, 1.165) is 38.5 Å². The van der Waals surface area contributed by atoms with Gasteiger partial charge in [0.1, 0.15) is 12.2 Å². The summed E-state index contributed by atoms with van der Waals surface area (Å²) in [6.07, 6.45) is 47.1. The Bertz CT molecular complexity index is 736. The number of amides is 1. The van der Waals surface area contributed by atoms with Gasteiger partial charge in [-0.3, -0.25) is 4.79 Å². The lowest BCUT2D eigenvalue weighted by Crippen LogP contribution is -2.53. The molecule has 0 rings (SSSR count). The lowest BCUT2D eigenvalue weighted by Gasteiger charge is -2.27. The smallest absolute Gasteiger partial charge is 0.249 e. The molecule has 0 aromatic rings. The zero-order valence-corrected chi connectivity index (χ0v) is 36.5. The first-order chi connectivity index (χ1) is 26.5. The Hall–Kier alpha value is -0.690. The highest BCUT2D eigenvalue weighted by Gasteiger charge is 2.28. The van der Waals surface area contributed by atoms with Gasteiger partial charge in [-0.05, 0) is 12.8 Å². The summed E-state index contributed by atoms with van der Waals surface area (Å²) in [5, 5.41) is 43.8. The van der Waals surface area contributed by atoms with Crippen LogP contribution < -0.4 is 5.32 Å². The summed E-state index contributed by atoms with van der Waals surface area (Å²) in [5.74, 6) is -0.578. The van der Waals surface area contributed by atoms with Crippen molar-refractivity contribution < 1.29 is 25.2 Å². The molecule has 0 aliphatic carbocycles. The molecule has 4 unspecified atom stereocenters. The van der Waals surface area contributed by atoms with Gasteiger partial charge in [0.25, 0.3) is 0 Å². The lowest BCUT2D eigenvalue weighted by molar-refractivity contribution is -0.132. The molecule has 0 heterocycles. The zero-order chi connectivity index (χ0) is 39.6. The molecule has 324 valence electrons. The van der Waals surface area contributed by atoms with Crippen LogP contribution in [0.1, 0.15) is 271 Å². The molecule has 54 heavy (non-hydrogen) atoms. The highest BCUT2D eigenvalue weighted by molar-refractivity contribution is 5.80. The van der Waals surface area contributed by atoms with E-state index >= 15 is 0 Å². The molecule has 0 aliphatic heterocycles. The fraction of sp³-hybridized carbons (Fsp3) is 0.979. The SMILES string of the molecule is CCCCCCCCCCCCCCCCCCCCCC(O)C(=O)NC(CO)C(O)C(O)CCCCCCCCCCCCCCCCCCCCC. The molecule has 0 spiro atoms. The van der Waals surface area contributed by atoms with E-state index in [0.29, 0.717) is 12.8 Å². The minimum absolute atomic E-state index is 0.376. The van der Waals surface area contributed by atoms with Crippen molar-refractivity contribution in [3.8, 4) is 0 Å². The average molecular weight is 768 g/mol. The van der Waals surface area contributed by atoms with Gasteiger partial charge >= 0.3 is 0 Å². The third-order valence-corrected chi connectivity index (χ3v) is 11.8. The van der Waals surface area contributed by atoms with Gasteiger partial charge < -0.3 is 25.7 Å². The summed E-state index contributed by atoms with van der Waals surface area (Å²) >= 11 is 0. The molecule has 0 aliphatic rings. The Morgan fingerprint density at radius 2 is 0.630 bits per heavy atom. The molecular weight excluding hydrogens is 671 g/mol. The van der Waals surface area contributed by atoms with Gasteiger partial charge in [-0.1, -0.05) is 258 Å². The van der Waals surface area contributed by atoms with Gasteiger partial charge in [-0.15, -0.1) is 0 Å². The number of aliphatic hydroxyl groups excluding tert-OH is 4. The van der Waals surface area contributed by atoms with Crippen molar-refractivity contribution in [3.63, 3.8) is 0 Å². The maximum atomic E-state index is 12.5. The van der Waals surface area contributed by atoms with Crippen LogP contribution in [0.4, 0.5) is 0 Å². The highest BCUT2D eigenvalue weighted by Crippen LogP contribution is 2.18. The maximum Gasteiger partial charge on any atom is 0.249 e. The van der Waals surface area contributed by atoms with Crippen LogP contribution in [0.15, 0.2) is 0 Å². The summed E-state index contributed by atoms with van der Waals surface area (Å²) in [6.45, 7) is 4.08. The largest absolute Gasteiger partial charge is 0.394 e. The molecule has 0 fully saturated rings. The van der Waals surface area contributed by atoms with Crippen LogP contribution in [-0.2, 0) is 4.79 Å². The number of unbranched alkanes of at least 4 members (excludes halogenated alkanes) is 36. The molecule has 0 radical (unpaired) electrons. The van der Waals surface area contributed by atoms with Crippen molar-refractivity contribution in [2.45, 2.75) is 295 Å². The van der Waals surface area contributed by atoms with E-state index in [9.17, 15) is 25.2 Å². The minimum Gasteiger partial charge on any atom is -0.394 e. The van der Waals surface area contributed by atoms with Gasteiger partial charge in [-0.2, -0.15) is 0 Å². The molecule has 0 saturated carbocycles. The lowest BCUT2D eigenvalue weighted by atomic mass is 9.99. The van der Waals surface area contributed by atoms with Crippen LogP contribution in [0.3, 0.4) is 0 Å². The van der Waals surface area contributed by atoms with Gasteiger partial charge in [0.2, 0.25) is 5.91 Å². The molecular formula is C48H97NO5. The normalized spacial score (nSPS) is 14.0. The Kier molecular flexibility index (Phi) is 42.9. The topological polar surface area (TPSA) is 110 Å². The molecule has 4 atom stereocenters. The summed E-state index contributed by atoms with van der Waals surface area (Å²) in [5.41, 5.74) is 0. The number of carbonyl (C=O) groups is 1. The van der Waals surface area contributed by atoms with E-state index < -0.39 is 36.9 Å². The van der Waals surface area contributed by atoms with Crippen LogP contribution >= 0.6 is 0 Å². The molecule has 5 N–H and O–H groups in total. The van der Waals surface area contributed by atoms with Crippen molar-refractivity contribution in [2.75, 3.05) is 6.61 Å². The Labute approximate surface area is 337 Å². The Morgan fingerprint density at radius 3 is 0.889 bits per heavy atom. The summed E-state index contributed by atoms with van der Waals surface area (Å²) in [6, 6.07) is -0.979. The fourth-order valence-electron chi connectivity index (χ4n) is 7.94. The van der Waals surface area contributed by atoms with Gasteiger partial charge in [0.05, 0.1) is 18.8 Å². The highest BCUT2D eigenvalue weighted by atomic mass is 16.3. The van der Waals surface area contributed by atoms with Crippen molar-refractivity contribution >= 4 is 5.91 Å². The second-order valence-corrected chi connectivity index (χ2v) is 17.2. The quantitative estimate of drug-likeness (QED) is 0.0396. The molecule has 6 heteroatoms. The monoisotopic (exact) mass is 768 g/mol. The van der Waals surface area contributed by atoms with Crippen molar-refractivity contribution in [3.05, 3.63) is 0 Å². The number of nitrogens with one attached hydrogen (secondary N) is 1. The van der Waals surface area contributed by atoms with Crippen LogP contribution in [0, 0.1) is 0 Å². The molecule has 0 aromatic heterocycles. The van der Waals surface area contributed by atoms with Crippen LogP contribution in [0.5, 0.6) is 0 Å². The number of hydrogen-bond donors (Lipinski definition) is 5. The summed E-state index contributed by atoms with van der Waals surface area (Å²) < 4.78 is 0. The van der Waals surface area contributed by atoms with Crippen molar-refractivity contribution in [1.82, 2.24) is 5.32 Å². The standard InChI is InChI=1S/C48H97NO5/c1-3-5-7-9-11-13-15-17-19-21-23-25-27-29-31-33-35-37-39-41-45(51)47(53)44(43-50)49-48(54)46(52)42-40-38-36-34-32-30-28-26-24-22-20-18-16-14-12-10-8-6-4-2/h44-47,50-53H,3-43H2,1-2H3,(H,49,54). The molecule has 6 nitrogen and oxygen atoms in total. The maximum absolute atomic E-state index is 12.5. The third kappa shape index (κ3) is 36.9. The second kappa shape index (κ2) is 43.4. The minimum atomic E-state index is -1.25. The second-order valence-electron chi connectivity index (χ2n) is 17.2. The molecule has 0 aromatic carbocycles. The first kappa shape index (κ1) is 53.3. The average Bonchev–Trinajstić information content (AvgIpc) is 3.18. The fourth-order valence-corrected chi connectivity index (χ4v) is 7.94. The van der Waals surface area contributed by atoms with E-state index in [1.807, 2.05) is 0 Å². The van der Waals surface area contributed by atoms with E-state index in [4.69, 9.17) is 0 Å². The first-order valence-electron chi connectivity index (χ1n) is 24.4. The molecule has 0 bridgehead atoms. The predicted molar refractivity (Wildman–Crippen MR) is 233 cm³/mol. The zero-order valence-electron chi connectivity index (χ0n) is 36.5. The molecule has 1 amide bonds. The number of carbonyl (C=O) groups excluding carboxylic acids is 1. The summed E-state index contributed by atoms with van der Waals surface area (Å²) in [7, 11) is 0. The van der Waals surface area contributed by atoms with Gasteiger partial charge in [-0.25, -0.2) is 0 Å². The Balaban J connectivity index is 3.65. The predicted octanol–water partition coefficient (Wildman–Crippen LogP) is 13.2. The number of rotatable bonds is 45. The summed E-state index contributed by atoms with van der Waals surface area (Å²) in [4.78, 5) is 12.5. The van der Waals surface area contributed by atoms with Crippen LogP contribution in [0.2, 0.25) is 0 Å². The van der Waals surface area contributed by atoms with Gasteiger partial charge in [0, 0.05) is 0 Å². The third-order valence-electron chi connectivity index (χ3n) is 11.8. The Morgan fingerprint density at radius 1 is 0.389 bits per heavy atom. The van der Waals surface area contributed by atoms with E-state index in [-0.39, 0.29) is 0 Å².